The van der Waals surface area contributed by atoms with E-state index in [-0.39, 0.29) is 5.91 Å². The summed E-state index contributed by atoms with van der Waals surface area (Å²) in [6, 6.07) is 3.24. The van der Waals surface area contributed by atoms with Crippen LogP contribution in [-0.4, -0.2) is 34.1 Å². The lowest BCUT2D eigenvalue weighted by atomic mass is 9.74. The fraction of sp³-hybridized carbons (Fsp3) is 0.643. The molecule has 2 rings (SSSR count). The maximum atomic E-state index is 12.3. The highest BCUT2D eigenvalue weighted by molar-refractivity contribution is 6.29. The van der Waals surface area contributed by atoms with Crippen molar-refractivity contribution in [1.82, 2.24) is 15.1 Å². The fourth-order valence-electron chi connectivity index (χ4n) is 2.73. The molecule has 0 unspecified atom stereocenters. The van der Waals surface area contributed by atoms with Gasteiger partial charge in [-0.2, -0.15) is 0 Å². The number of carbonyl (C=O) groups is 1. The number of carbonyl (C=O) groups excluding carboxylic acids is 1. The van der Waals surface area contributed by atoms with E-state index < -0.39 is 0 Å². The Morgan fingerprint density at radius 1 is 1.26 bits per heavy atom. The summed E-state index contributed by atoms with van der Waals surface area (Å²) < 4.78 is 0. The first-order valence-electron chi connectivity index (χ1n) is 6.89. The van der Waals surface area contributed by atoms with Gasteiger partial charge in [0, 0.05) is 13.1 Å². The lowest BCUT2D eigenvalue weighted by molar-refractivity contribution is 0.0551. The van der Waals surface area contributed by atoms with E-state index in [4.69, 9.17) is 11.6 Å². The number of hydrogen-bond acceptors (Lipinski definition) is 3. The summed E-state index contributed by atoms with van der Waals surface area (Å²) in [5, 5.41) is 7.89. The van der Waals surface area contributed by atoms with E-state index in [0.717, 1.165) is 25.9 Å². The molecule has 1 aromatic rings. The Hall–Kier alpha value is -1.16. The van der Waals surface area contributed by atoms with Crippen molar-refractivity contribution < 1.29 is 4.79 Å². The van der Waals surface area contributed by atoms with Crippen LogP contribution < -0.4 is 0 Å². The molecule has 0 spiro atoms. The van der Waals surface area contributed by atoms with Gasteiger partial charge >= 0.3 is 0 Å². The predicted molar refractivity (Wildman–Crippen MR) is 75.2 cm³/mol. The Bertz CT molecular complexity index is 433. The maximum Gasteiger partial charge on any atom is 0.274 e. The highest BCUT2D eigenvalue weighted by atomic mass is 35.5. The Kier molecular flexibility index (Phi) is 4.40. The zero-order valence-electron chi connectivity index (χ0n) is 11.5. The van der Waals surface area contributed by atoms with Gasteiger partial charge in [0.05, 0.1) is 0 Å². The molecule has 1 amide bonds. The summed E-state index contributed by atoms with van der Waals surface area (Å²) in [5.41, 5.74) is 0.799. The largest absolute Gasteiger partial charge is 0.337 e. The zero-order chi connectivity index (χ0) is 13.9. The van der Waals surface area contributed by atoms with Crippen molar-refractivity contribution in [3.05, 3.63) is 23.0 Å². The second kappa shape index (κ2) is 5.87. The molecule has 0 bridgehead atoms. The average Bonchev–Trinajstić information content (AvgIpc) is 2.47. The molecule has 0 saturated carbocycles. The molecular formula is C14H20ClN3O. The van der Waals surface area contributed by atoms with Gasteiger partial charge < -0.3 is 4.90 Å². The first-order valence-corrected chi connectivity index (χ1v) is 7.26. The van der Waals surface area contributed by atoms with Gasteiger partial charge in [-0.3, -0.25) is 4.79 Å². The van der Waals surface area contributed by atoms with E-state index in [1.807, 2.05) is 4.90 Å². The van der Waals surface area contributed by atoms with Crippen molar-refractivity contribution in [2.75, 3.05) is 13.1 Å². The summed E-state index contributed by atoms with van der Waals surface area (Å²) in [5.74, 6) is -0.0371. The third kappa shape index (κ3) is 3.06. The molecule has 1 aromatic heterocycles. The van der Waals surface area contributed by atoms with Crippen LogP contribution in [0.1, 0.15) is 50.0 Å². The zero-order valence-corrected chi connectivity index (χ0v) is 12.3. The van der Waals surface area contributed by atoms with Crippen LogP contribution in [0.5, 0.6) is 0 Å². The van der Waals surface area contributed by atoms with Gasteiger partial charge in [0.2, 0.25) is 0 Å². The van der Waals surface area contributed by atoms with Gasteiger partial charge in [-0.05, 0) is 30.4 Å². The molecule has 0 radical (unpaired) electrons. The van der Waals surface area contributed by atoms with E-state index in [1.165, 1.54) is 12.8 Å². The summed E-state index contributed by atoms with van der Waals surface area (Å²) in [6.45, 7) is 6.10. The normalized spacial score (nSPS) is 18.4. The third-order valence-corrected chi connectivity index (χ3v) is 4.66. The lowest BCUT2D eigenvalue weighted by Crippen LogP contribution is -2.43. The van der Waals surface area contributed by atoms with Gasteiger partial charge in [-0.25, -0.2) is 0 Å². The summed E-state index contributed by atoms with van der Waals surface area (Å²) in [7, 11) is 0. The van der Waals surface area contributed by atoms with Crippen LogP contribution in [-0.2, 0) is 0 Å². The molecule has 2 heterocycles. The molecular weight excluding hydrogens is 262 g/mol. The van der Waals surface area contributed by atoms with Gasteiger partial charge in [-0.15, -0.1) is 10.2 Å². The highest BCUT2D eigenvalue weighted by Crippen LogP contribution is 2.38. The molecule has 0 N–H and O–H groups in total. The van der Waals surface area contributed by atoms with Gasteiger partial charge in [-0.1, -0.05) is 38.3 Å². The second-order valence-corrected chi connectivity index (χ2v) is 5.63. The van der Waals surface area contributed by atoms with Crippen LogP contribution in [0.4, 0.5) is 0 Å². The van der Waals surface area contributed by atoms with Gasteiger partial charge in [0.25, 0.3) is 5.91 Å². The predicted octanol–water partition coefficient (Wildman–Crippen LogP) is 3.17. The minimum absolute atomic E-state index is 0.0371. The first kappa shape index (κ1) is 14.3. The van der Waals surface area contributed by atoms with Crippen molar-refractivity contribution in [1.29, 1.82) is 0 Å². The summed E-state index contributed by atoms with van der Waals surface area (Å²) in [6.07, 6.45) is 4.53. The molecule has 0 aromatic carbocycles. The monoisotopic (exact) mass is 281 g/mol. The lowest BCUT2D eigenvalue weighted by Gasteiger charge is -2.40. The standard InChI is InChI=1S/C14H20ClN3O/c1-3-14(4-2)7-9-18(10-8-14)13(19)11-5-6-12(15)17-16-11/h5-6H,3-4,7-10H2,1-2H3. The minimum atomic E-state index is -0.0371. The highest BCUT2D eigenvalue weighted by Gasteiger charge is 2.33. The van der Waals surface area contributed by atoms with Gasteiger partial charge in [0.1, 0.15) is 0 Å². The number of rotatable bonds is 3. The fourth-order valence-corrected chi connectivity index (χ4v) is 2.83. The molecule has 1 fully saturated rings. The van der Waals surface area contributed by atoms with E-state index in [2.05, 4.69) is 24.0 Å². The van der Waals surface area contributed by atoms with Crippen LogP contribution >= 0.6 is 11.6 Å². The number of halogens is 1. The number of aromatic nitrogens is 2. The van der Waals surface area contributed by atoms with Crippen LogP contribution in [0.25, 0.3) is 0 Å². The van der Waals surface area contributed by atoms with Crippen molar-refractivity contribution in [3.63, 3.8) is 0 Å². The van der Waals surface area contributed by atoms with Crippen molar-refractivity contribution in [2.24, 2.45) is 5.41 Å². The molecule has 1 aliphatic rings. The molecule has 0 aliphatic carbocycles. The molecule has 4 nitrogen and oxygen atoms in total. The third-order valence-electron chi connectivity index (χ3n) is 4.46. The van der Waals surface area contributed by atoms with Crippen LogP contribution in [0.15, 0.2) is 12.1 Å². The number of hydrogen-bond donors (Lipinski definition) is 0. The van der Waals surface area contributed by atoms with E-state index in [0.29, 0.717) is 16.3 Å². The summed E-state index contributed by atoms with van der Waals surface area (Å²) >= 11 is 5.68. The molecule has 5 heteroatoms. The minimum Gasteiger partial charge on any atom is -0.337 e. The number of likely N-dealkylation sites (tertiary alicyclic amines) is 1. The second-order valence-electron chi connectivity index (χ2n) is 5.24. The molecule has 1 aliphatic heterocycles. The summed E-state index contributed by atoms with van der Waals surface area (Å²) in [4.78, 5) is 14.2. The molecule has 104 valence electrons. The molecule has 1 saturated heterocycles. The molecule has 0 atom stereocenters. The first-order chi connectivity index (χ1) is 9.10. The van der Waals surface area contributed by atoms with Crippen molar-refractivity contribution in [2.45, 2.75) is 39.5 Å². The van der Waals surface area contributed by atoms with E-state index >= 15 is 0 Å². The van der Waals surface area contributed by atoms with Crippen LogP contribution in [0.2, 0.25) is 5.15 Å². The van der Waals surface area contributed by atoms with Crippen LogP contribution in [0.3, 0.4) is 0 Å². The number of nitrogens with zero attached hydrogens (tertiary/aromatic N) is 3. The number of piperidine rings is 1. The quantitative estimate of drug-likeness (QED) is 0.855. The average molecular weight is 282 g/mol. The maximum absolute atomic E-state index is 12.3. The van der Waals surface area contributed by atoms with Crippen molar-refractivity contribution in [3.8, 4) is 0 Å². The van der Waals surface area contributed by atoms with Crippen molar-refractivity contribution >= 4 is 17.5 Å². The smallest absolute Gasteiger partial charge is 0.274 e. The SMILES string of the molecule is CCC1(CC)CCN(C(=O)c2ccc(Cl)nn2)CC1. The Labute approximate surface area is 119 Å². The molecule has 19 heavy (non-hydrogen) atoms. The van der Waals surface area contributed by atoms with E-state index in [9.17, 15) is 4.79 Å². The van der Waals surface area contributed by atoms with Crippen LogP contribution in [0, 0.1) is 5.41 Å². The van der Waals surface area contributed by atoms with Gasteiger partial charge in [0.15, 0.2) is 10.8 Å². The topological polar surface area (TPSA) is 46.1 Å². The Balaban J connectivity index is 2.01. The number of amides is 1. The Morgan fingerprint density at radius 2 is 1.89 bits per heavy atom. The van der Waals surface area contributed by atoms with E-state index in [1.54, 1.807) is 12.1 Å². The Morgan fingerprint density at radius 3 is 2.37 bits per heavy atom.